The van der Waals surface area contributed by atoms with Gasteiger partial charge in [-0.05, 0) is 51.5 Å². The standard InChI is InChI=1S/C27H35N3O8/c1-14-8-6-11-20(34)21(14)24(35)38-13-26(37)23(29-19-10-7-9-18(12-19)15(2)31)22(28)27(16(3)32,25(26,5)36)30-17(4)33/h6-12,16,22-23,29,32,34,36-37H,13,28H2,1-5H3,(H,30,33)/t16-,22+,23+,25+,26-,27+/m1/s1. The fraction of sp³-hybridized carbons (Fsp3) is 0.444. The van der Waals surface area contributed by atoms with Crippen molar-refractivity contribution in [2.24, 2.45) is 5.73 Å². The van der Waals surface area contributed by atoms with E-state index in [2.05, 4.69) is 10.6 Å². The molecule has 1 saturated carbocycles. The van der Waals surface area contributed by atoms with Crippen LogP contribution in [0.5, 0.6) is 5.75 Å². The third-order valence-corrected chi connectivity index (χ3v) is 7.56. The van der Waals surface area contributed by atoms with E-state index in [1.165, 1.54) is 39.8 Å². The summed E-state index contributed by atoms with van der Waals surface area (Å²) in [5.41, 5.74) is 0.803. The molecule has 2 aromatic carbocycles. The number of ketones is 1. The highest BCUT2D eigenvalue weighted by Crippen LogP contribution is 2.49. The van der Waals surface area contributed by atoms with Crippen LogP contribution in [0.25, 0.3) is 0 Å². The average molecular weight is 530 g/mol. The van der Waals surface area contributed by atoms with E-state index in [-0.39, 0.29) is 17.1 Å². The van der Waals surface area contributed by atoms with Crippen LogP contribution in [0.15, 0.2) is 42.5 Å². The fourth-order valence-electron chi connectivity index (χ4n) is 5.44. The topological polar surface area (TPSA) is 191 Å². The van der Waals surface area contributed by atoms with Crippen LogP contribution in [0.2, 0.25) is 0 Å². The number of hydrogen-bond acceptors (Lipinski definition) is 10. The zero-order chi connectivity index (χ0) is 28.6. The van der Waals surface area contributed by atoms with Crippen molar-refractivity contribution in [3.05, 3.63) is 59.2 Å². The molecule has 1 aliphatic rings. The van der Waals surface area contributed by atoms with Crippen molar-refractivity contribution in [3.63, 3.8) is 0 Å². The molecule has 11 heteroatoms. The molecule has 206 valence electrons. The van der Waals surface area contributed by atoms with Gasteiger partial charge in [0.1, 0.15) is 29.1 Å². The lowest BCUT2D eigenvalue weighted by molar-refractivity contribution is -0.189. The van der Waals surface area contributed by atoms with E-state index in [4.69, 9.17) is 10.5 Å². The lowest BCUT2D eigenvalue weighted by Gasteiger charge is -2.48. The van der Waals surface area contributed by atoms with E-state index in [0.29, 0.717) is 16.8 Å². The van der Waals surface area contributed by atoms with Crippen LogP contribution in [0, 0.1) is 6.92 Å². The predicted molar refractivity (Wildman–Crippen MR) is 139 cm³/mol. The predicted octanol–water partition coefficient (Wildman–Crippen LogP) is 0.619. The average Bonchev–Trinajstić information content (AvgIpc) is 2.94. The lowest BCUT2D eigenvalue weighted by atomic mass is 9.73. The van der Waals surface area contributed by atoms with Gasteiger partial charge in [0, 0.05) is 18.2 Å². The van der Waals surface area contributed by atoms with Crippen LogP contribution in [-0.2, 0) is 9.53 Å². The van der Waals surface area contributed by atoms with E-state index in [1.54, 1.807) is 37.3 Å². The zero-order valence-electron chi connectivity index (χ0n) is 22.0. The molecular weight excluding hydrogens is 494 g/mol. The summed E-state index contributed by atoms with van der Waals surface area (Å²) in [5, 5.41) is 50.5. The molecule has 0 spiro atoms. The van der Waals surface area contributed by atoms with Crippen molar-refractivity contribution < 1.29 is 39.5 Å². The maximum atomic E-state index is 13.0. The summed E-state index contributed by atoms with van der Waals surface area (Å²) in [7, 11) is 0. The van der Waals surface area contributed by atoms with Gasteiger partial charge >= 0.3 is 5.97 Å². The third-order valence-electron chi connectivity index (χ3n) is 7.56. The molecule has 38 heavy (non-hydrogen) atoms. The number of ether oxygens (including phenoxy) is 1. The molecule has 0 aliphatic heterocycles. The first-order chi connectivity index (χ1) is 17.6. The molecule has 3 rings (SSSR count). The van der Waals surface area contributed by atoms with Crippen LogP contribution in [-0.4, -0.2) is 79.6 Å². The Morgan fingerprint density at radius 2 is 1.76 bits per heavy atom. The number of carbonyl (C=O) groups excluding carboxylic acids is 3. The Bertz CT molecular complexity index is 1230. The number of aliphatic hydroxyl groups is 3. The first kappa shape index (κ1) is 29.1. The quantitative estimate of drug-likeness (QED) is 0.188. The maximum absolute atomic E-state index is 13.0. The fourth-order valence-corrected chi connectivity index (χ4v) is 5.44. The second-order valence-corrected chi connectivity index (χ2v) is 10.1. The van der Waals surface area contributed by atoms with Gasteiger partial charge in [-0.1, -0.05) is 24.3 Å². The Hall–Kier alpha value is -3.51. The number of rotatable bonds is 8. The van der Waals surface area contributed by atoms with Crippen molar-refractivity contribution in [3.8, 4) is 5.75 Å². The highest BCUT2D eigenvalue weighted by atomic mass is 16.5. The molecule has 1 fully saturated rings. The normalized spacial score (nSPS) is 29.4. The van der Waals surface area contributed by atoms with Gasteiger partial charge in [-0.3, -0.25) is 9.59 Å². The molecule has 6 atom stereocenters. The molecule has 1 aliphatic carbocycles. The molecule has 8 N–H and O–H groups in total. The lowest BCUT2D eigenvalue weighted by Crippen LogP contribution is -2.75. The van der Waals surface area contributed by atoms with Crippen LogP contribution >= 0.6 is 0 Å². The number of Topliss-reactive ketones (excluding diaryl/α,β-unsaturated/α-hetero) is 1. The summed E-state index contributed by atoms with van der Waals surface area (Å²) in [6, 6.07) is 8.11. The van der Waals surface area contributed by atoms with Gasteiger partial charge in [-0.15, -0.1) is 0 Å². The summed E-state index contributed by atoms with van der Waals surface area (Å²) < 4.78 is 5.42. The highest BCUT2D eigenvalue weighted by molar-refractivity contribution is 5.95. The number of phenolic OH excluding ortho intramolecular Hbond substituents is 1. The molecular formula is C27H35N3O8. The van der Waals surface area contributed by atoms with Gasteiger partial charge in [0.15, 0.2) is 11.4 Å². The Balaban J connectivity index is 2.11. The van der Waals surface area contributed by atoms with Gasteiger partial charge in [-0.2, -0.15) is 0 Å². The monoisotopic (exact) mass is 529 g/mol. The Morgan fingerprint density at radius 1 is 1.13 bits per heavy atom. The van der Waals surface area contributed by atoms with Crippen LogP contribution in [0.1, 0.15) is 54.0 Å². The Kier molecular flexibility index (Phi) is 7.90. The second kappa shape index (κ2) is 10.3. The van der Waals surface area contributed by atoms with E-state index in [9.17, 15) is 34.8 Å². The van der Waals surface area contributed by atoms with Crippen molar-refractivity contribution in [2.75, 3.05) is 11.9 Å². The van der Waals surface area contributed by atoms with Crippen molar-refractivity contribution in [2.45, 2.75) is 69.5 Å². The Morgan fingerprint density at radius 3 is 2.32 bits per heavy atom. The molecule has 0 radical (unpaired) electrons. The molecule has 1 amide bonds. The smallest absolute Gasteiger partial charge is 0.342 e. The van der Waals surface area contributed by atoms with Crippen LogP contribution < -0.4 is 16.4 Å². The summed E-state index contributed by atoms with van der Waals surface area (Å²) >= 11 is 0. The van der Waals surface area contributed by atoms with Gasteiger partial charge in [-0.25, -0.2) is 4.79 Å². The van der Waals surface area contributed by atoms with Crippen LogP contribution in [0.3, 0.4) is 0 Å². The number of aliphatic hydroxyl groups excluding tert-OH is 1. The minimum atomic E-state index is -2.40. The first-order valence-corrected chi connectivity index (χ1v) is 12.1. The highest BCUT2D eigenvalue weighted by Gasteiger charge is 2.76. The summed E-state index contributed by atoms with van der Waals surface area (Å²) in [6.07, 6.45) is -1.48. The van der Waals surface area contributed by atoms with E-state index in [0.717, 1.165) is 0 Å². The van der Waals surface area contributed by atoms with Gasteiger partial charge < -0.3 is 41.5 Å². The summed E-state index contributed by atoms with van der Waals surface area (Å²) in [4.78, 5) is 37.1. The molecule has 0 aromatic heterocycles. The largest absolute Gasteiger partial charge is 0.507 e. The number of amides is 1. The zero-order valence-corrected chi connectivity index (χ0v) is 22.0. The van der Waals surface area contributed by atoms with Gasteiger partial charge in [0.2, 0.25) is 5.91 Å². The number of esters is 1. The molecule has 2 aromatic rings. The van der Waals surface area contributed by atoms with E-state index < -0.39 is 53.4 Å². The number of carbonyl (C=O) groups is 3. The van der Waals surface area contributed by atoms with Crippen LogP contribution in [0.4, 0.5) is 5.69 Å². The van der Waals surface area contributed by atoms with E-state index >= 15 is 0 Å². The van der Waals surface area contributed by atoms with Gasteiger partial charge in [0.25, 0.3) is 0 Å². The molecule has 11 nitrogen and oxygen atoms in total. The number of nitrogens with one attached hydrogen (secondary N) is 2. The summed E-state index contributed by atoms with van der Waals surface area (Å²) in [5.74, 6) is -2.14. The Labute approximate surface area is 220 Å². The number of anilines is 1. The number of benzene rings is 2. The first-order valence-electron chi connectivity index (χ1n) is 12.1. The minimum Gasteiger partial charge on any atom is -0.507 e. The number of aryl methyl sites for hydroxylation is 1. The SMILES string of the molecule is CC(=O)N[C@@]1([C@@H](C)O)[C@@H](N)[C@H](Nc2cccc(C(C)=O)c2)[C@](O)(COC(=O)c2c(C)cccc2O)[C@]1(C)O. The second-order valence-electron chi connectivity index (χ2n) is 10.1. The van der Waals surface area contributed by atoms with E-state index in [1.807, 2.05) is 0 Å². The number of nitrogens with two attached hydrogens (primary N) is 1. The minimum absolute atomic E-state index is 0.125. The molecule has 0 heterocycles. The molecule has 0 unspecified atom stereocenters. The molecule has 0 bridgehead atoms. The molecule has 0 saturated heterocycles. The number of phenols is 1. The van der Waals surface area contributed by atoms with Gasteiger partial charge in [0.05, 0.1) is 18.2 Å². The third kappa shape index (κ3) is 4.62. The van der Waals surface area contributed by atoms with Crippen molar-refractivity contribution >= 4 is 23.3 Å². The number of aromatic hydroxyl groups is 1. The maximum Gasteiger partial charge on any atom is 0.342 e. The number of hydrogen-bond donors (Lipinski definition) is 7. The summed E-state index contributed by atoms with van der Waals surface area (Å²) in [6.45, 7) is 5.80. The van der Waals surface area contributed by atoms with Crippen molar-refractivity contribution in [1.29, 1.82) is 0 Å². The van der Waals surface area contributed by atoms with Crippen molar-refractivity contribution in [1.82, 2.24) is 5.32 Å².